The van der Waals surface area contributed by atoms with Crippen molar-refractivity contribution in [3.63, 3.8) is 0 Å². The van der Waals surface area contributed by atoms with E-state index in [1.807, 2.05) is 22.7 Å². The third-order valence-corrected chi connectivity index (χ3v) is 26.9. The molecule has 0 saturated heterocycles. The van der Waals surface area contributed by atoms with Crippen LogP contribution in [0.4, 0.5) is 68.2 Å². The Kier molecular flexibility index (Phi) is 12.1. The highest BCUT2D eigenvalue weighted by atomic mass is 32.1. The van der Waals surface area contributed by atoms with Gasteiger partial charge < -0.3 is 28.4 Å². The van der Waals surface area contributed by atoms with Crippen LogP contribution in [0.5, 0.6) is 0 Å². The summed E-state index contributed by atoms with van der Waals surface area (Å²) in [5.41, 5.74) is 34.0. The van der Waals surface area contributed by atoms with Crippen molar-refractivity contribution in [3.8, 4) is 33.4 Å². The average Bonchev–Trinajstić information content (AvgIpc) is 0.784. The molecule has 0 bridgehead atoms. The summed E-state index contributed by atoms with van der Waals surface area (Å²) in [5.74, 6) is 0. The highest BCUT2D eigenvalue weighted by molar-refractivity contribution is 7.26. The zero-order valence-electron chi connectivity index (χ0n) is 59.3. The van der Waals surface area contributed by atoms with Crippen LogP contribution in [0, 0.1) is 0 Å². The second kappa shape index (κ2) is 22.0. The van der Waals surface area contributed by atoms with Gasteiger partial charge in [0.1, 0.15) is 16.9 Å². The number of anilines is 12. The van der Waals surface area contributed by atoms with Gasteiger partial charge in [-0.05, 0) is 211 Å². The molecule has 20 aromatic rings. The van der Waals surface area contributed by atoms with E-state index in [1.54, 1.807) is 0 Å². The number of furan rings is 2. The monoisotopic (exact) mass is 1420 g/mol. The van der Waals surface area contributed by atoms with Crippen molar-refractivity contribution in [2.75, 3.05) is 19.6 Å². The van der Waals surface area contributed by atoms with Gasteiger partial charge in [0.25, 0.3) is 13.4 Å². The third-order valence-electron chi connectivity index (χ3n) is 24.6. The number of nitrogens with zero attached hydrogens (tertiary/aromatic N) is 4. The van der Waals surface area contributed by atoms with Crippen molar-refractivity contribution < 1.29 is 8.83 Å². The molecule has 0 N–H and O–H groups in total. The van der Waals surface area contributed by atoms with Crippen LogP contribution in [0.15, 0.2) is 336 Å². The Morgan fingerprint density at radius 2 is 0.706 bits per heavy atom. The SMILES string of the molecule is CC1(C)c2ccccc2-c2cccc(-c3ccc(N4c5cc(-c6ccc7c(c6)oc6c(N8c9ccccc9B9c%10ccccc%10N(c%10ccc%11sc%12ccccc%12c%11c%10)c%10cccc8c%109)c8oc9ccccc9c8cc67)ccc5B5c6ccccc6N(c6ccc7sc8ccccc8c7c6)c6cccc4c65)cc3)c21. The highest BCUT2D eigenvalue weighted by Crippen LogP contribution is 2.56. The van der Waals surface area contributed by atoms with Gasteiger partial charge in [-0.3, -0.25) is 0 Å². The highest BCUT2D eigenvalue weighted by Gasteiger charge is 2.47. The molecule has 0 amide bonds. The smallest absolute Gasteiger partial charge is 0.252 e. The summed E-state index contributed by atoms with van der Waals surface area (Å²) >= 11 is 3.72. The van der Waals surface area contributed by atoms with Gasteiger partial charge >= 0.3 is 0 Å². The van der Waals surface area contributed by atoms with E-state index >= 15 is 0 Å². The minimum Gasteiger partial charge on any atom is -0.454 e. The number of thiophene rings is 2. The number of rotatable bonds is 6. The Morgan fingerprint density at radius 1 is 0.275 bits per heavy atom. The summed E-state index contributed by atoms with van der Waals surface area (Å²) in [6.07, 6.45) is 0. The molecular weight excluding hydrogens is 1360 g/mol. The lowest BCUT2D eigenvalue weighted by atomic mass is 9.33. The number of hydrogen-bond donors (Lipinski definition) is 0. The Bertz CT molecular complexity index is 7430. The third kappa shape index (κ3) is 8.21. The predicted octanol–water partition coefficient (Wildman–Crippen LogP) is 24.0. The van der Waals surface area contributed by atoms with Crippen LogP contribution in [0.25, 0.3) is 118 Å². The van der Waals surface area contributed by atoms with E-state index < -0.39 is 0 Å². The van der Waals surface area contributed by atoms with E-state index in [0.717, 1.165) is 106 Å². The fourth-order valence-electron chi connectivity index (χ4n) is 20.0. The zero-order chi connectivity index (χ0) is 71.2. The minimum atomic E-state index is -0.167. The Morgan fingerprint density at radius 3 is 1.34 bits per heavy atom. The molecule has 16 aromatic carbocycles. The fraction of sp³-hybridized carbons (Fsp3) is 0.0303. The van der Waals surface area contributed by atoms with Crippen LogP contribution in [-0.4, -0.2) is 13.4 Å². The second-order valence-corrected chi connectivity index (χ2v) is 32.6. The lowest BCUT2D eigenvalue weighted by Gasteiger charge is -2.44. The Hall–Kier alpha value is -13.1. The molecule has 25 rings (SSSR count). The molecule has 1 aliphatic carbocycles. The average molecular weight is 1420 g/mol. The molecule has 109 heavy (non-hydrogen) atoms. The molecule has 4 aliphatic heterocycles. The van der Waals surface area contributed by atoms with E-state index in [2.05, 4.69) is 361 Å². The maximum Gasteiger partial charge on any atom is 0.252 e. The normalized spacial score (nSPS) is 14.1. The van der Waals surface area contributed by atoms with Crippen molar-refractivity contribution in [1.82, 2.24) is 0 Å². The van der Waals surface area contributed by atoms with Crippen LogP contribution in [0.3, 0.4) is 0 Å². The zero-order valence-corrected chi connectivity index (χ0v) is 60.9. The van der Waals surface area contributed by atoms with Gasteiger partial charge in [-0.15, -0.1) is 22.7 Å². The van der Waals surface area contributed by atoms with Gasteiger partial charge in [-0.25, -0.2) is 0 Å². The van der Waals surface area contributed by atoms with Crippen LogP contribution in [-0.2, 0) is 5.41 Å². The van der Waals surface area contributed by atoms with Crippen molar-refractivity contribution in [1.29, 1.82) is 0 Å². The topological polar surface area (TPSA) is 39.2 Å². The Labute approximate surface area is 636 Å². The van der Waals surface area contributed by atoms with Gasteiger partial charge in [-0.2, -0.15) is 0 Å². The van der Waals surface area contributed by atoms with Crippen LogP contribution in [0.1, 0.15) is 25.0 Å². The summed E-state index contributed by atoms with van der Waals surface area (Å²) in [5, 5.41) is 9.27. The number of benzene rings is 16. The summed E-state index contributed by atoms with van der Waals surface area (Å²) in [7, 11) is 0. The standard InChI is InChI=1S/C99H60B2N4O2S2/c1-99(2)74-26-7-3-20-64(74)69-25-17-24-63(93(69)99)57-40-44-60(45-41-57)102-82-33-18-34-83-94(82)101(76-28-9-12-31-80(76)103(83)61-46-50-91-70(54-61)67-22-5-15-38-89(67)108-91)78-49-43-58(52-86(78)102)59-42-48-66-73-56-72-65-21-4-14-37-87(65)106-97(72)96(98(73)107-88(66)53-59)105-81-32-13-10-29-77(81)100-75-27-8-11-30-79(75)104(84-35-19-36-85(105)95(84)100)62-47-51-92-71(55-62)68-23-6-16-39-90(68)109-92/h3-56H,1-2H3. The molecule has 0 radical (unpaired) electrons. The van der Waals surface area contributed by atoms with Crippen LogP contribution in [0.2, 0.25) is 0 Å². The molecule has 5 aliphatic rings. The lowest BCUT2D eigenvalue weighted by Crippen LogP contribution is -2.61. The number of para-hydroxylation sites is 4. The molecule has 0 atom stereocenters. The molecule has 6 nitrogen and oxygen atoms in total. The number of fused-ring (bicyclic) bond motifs is 23. The minimum absolute atomic E-state index is 0.0553. The van der Waals surface area contributed by atoms with Gasteiger partial charge in [0.2, 0.25) is 0 Å². The van der Waals surface area contributed by atoms with Gasteiger partial charge in [-0.1, -0.05) is 208 Å². The van der Waals surface area contributed by atoms with E-state index in [1.165, 1.54) is 124 Å². The largest absolute Gasteiger partial charge is 0.454 e. The van der Waals surface area contributed by atoms with Crippen LogP contribution >= 0.6 is 22.7 Å². The Balaban J connectivity index is 0.672. The van der Waals surface area contributed by atoms with Crippen LogP contribution < -0.4 is 52.4 Å². The first-order chi connectivity index (χ1) is 53.8. The van der Waals surface area contributed by atoms with Crippen molar-refractivity contribution in [2.24, 2.45) is 0 Å². The van der Waals surface area contributed by atoms with Crippen molar-refractivity contribution in [2.45, 2.75) is 19.3 Å². The molecule has 8 heterocycles. The summed E-state index contributed by atoms with van der Waals surface area (Å²) in [4.78, 5) is 10.0. The van der Waals surface area contributed by atoms with Crippen molar-refractivity contribution >= 4 is 221 Å². The van der Waals surface area contributed by atoms with E-state index in [9.17, 15) is 0 Å². The molecule has 0 saturated carbocycles. The summed E-state index contributed by atoms with van der Waals surface area (Å²) in [6.45, 7) is 4.65. The molecule has 0 unspecified atom stereocenters. The van der Waals surface area contributed by atoms with Crippen molar-refractivity contribution in [3.05, 3.63) is 339 Å². The first-order valence-electron chi connectivity index (χ1n) is 37.7. The molecule has 506 valence electrons. The summed E-state index contributed by atoms with van der Waals surface area (Å²) < 4.78 is 20.1. The van der Waals surface area contributed by atoms with E-state index in [0.29, 0.717) is 0 Å². The maximum absolute atomic E-state index is 7.66. The van der Waals surface area contributed by atoms with E-state index in [-0.39, 0.29) is 18.8 Å². The quantitative estimate of drug-likeness (QED) is 0.155. The maximum atomic E-state index is 7.66. The summed E-state index contributed by atoms with van der Waals surface area (Å²) in [6, 6.07) is 123. The molecule has 0 spiro atoms. The fourth-order valence-corrected chi connectivity index (χ4v) is 22.2. The first-order valence-corrected chi connectivity index (χ1v) is 39.3. The predicted molar refractivity (Wildman–Crippen MR) is 463 cm³/mol. The second-order valence-electron chi connectivity index (χ2n) is 30.5. The number of hydrogen-bond acceptors (Lipinski definition) is 8. The van der Waals surface area contributed by atoms with Gasteiger partial charge in [0.05, 0.1) is 0 Å². The van der Waals surface area contributed by atoms with Gasteiger partial charge in [0.15, 0.2) is 11.2 Å². The van der Waals surface area contributed by atoms with E-state index in [4.69, 9.17) is 8.83 Å². The lowest BCUT2D eigenvalue weighted by molar-refractivity contribution is 0.656. The van der Waals surface area contributed by atoms with Gasteiger partial charge in [0, 0.05) is 130 Å². The molecule has 10 heteroatoms. The molecule has 0 fully saturated rings. The molecular formula is C99H60B2N4O2S2. The first kappa shape index (κ1) is 60.1. The molecule has 4 aromatic heterocycles.